The van der Waals surface area contributed by atoms with E-state index in [1.165, 1.54) is 6.92 Å². The minimum atomic E-state index is -0.565. The van der Waals surface area contributed by atoms with Crippen molar-refractivity contribution in [3.05, 3.63) is 35.4 Å². The summed E-state index contributed by atoms with van der Waals surface area (Å²) in [7, 11) is 0. The number of rotatable bonds is 6. The number of amides is 1. The monoisotopic (exact) mass is 316 g/mol. The lowest BCUT2D eigenvalue weighted by molar-refractivity contribution is -0.121. The number of alkyl halides is 2. The molecular formula is C17H30F2N2O. The van der Waals surface area contributed by atoms with Crippen LogP contribution in [0.2, 0.25) is 0 Å². The molecule has 0 saturated carbocycles. The zero-order valence-electron chi connectivity index (χ0n) is 14.2. The van der Waals surface area contributed by atoms with Gasteiger partial charge in [0, 0.05) is 13.0 Å². The maximum Gasteiger partial charge on any atom is 0.221 e. The second kappa shape index (κ2) is 15.9. The Labute approximate surface area is 133 Å². The summed E-state index contributed by atoms with van der Waals surface area (Å²) in [5.74, 6) is -0.192. The molecule has 0 saturated heterocycles. The number of hydrogen-bond acceptors (Lipinski definition) is 2. The predicted molar refractivity (Wildman–Crippen MR) is 89.5 cm³/mol. The molecule has 1 atom stereocenters. The number of benzene rings is 1. The van der Waals surface area contributed by atoms with Gasteiger partial charge in [-0.1, -0.05) is 43.7 Å². The molecule has 0 bridgehead atoms. The number of carbonyl (C=O) groups is 1. The van der Waals surface area contributed by atoms with Gasteiger partial charge in [0.1, 0.15) is 6.67 Å². The van der Waals surface area contributed by atoms with Gasteiger partial charge in [0.15, 0.2) is 0 Å². The van der Waals surface area contributed by atoms with Gasteiger partial charge >= 0.3 is 0 Å². The topological polar surface area (TPSA) is 55.1 Å². The third-order valence-corrected chi connectivity index (χ3v) is 2.53. The second-order valence-electron chi connectivity index (χ2n) is 4.41. The molecule has 0 aliphatic rings. The first-order valence-corrected chi connectivity index (χ1v) is 7.74. The summed E-state index contributed by atoms with van der Waals surface area (Å²) >= 11 is 0. The lowest BCUT2D eigenvalue weighted by Gasteiger charge is -2.15. The first-order valence-electron chi connectivity index (χ1n) is 7.74. The zero-order valence-corrected chi connectivity index (χ0v) is 14.2. The van der Waals surface area contributed by atoms with Crippen LogP contribution in [0.4, 0.5) is 8.78 Å². The normalized spacial score (nSPS) is 10.5. The molecule has 1 amide bonds. The Bertz CT molecular complexity index is 369. The van der Waals surface area contributed by atoms with Gasteiger partial charge in [-0.2, -0.15) is 0 Å². The highest BCUT2D eigenvalue weighted by atomic mass is 19.1. The van der Waals surface area contributed by atoms with E-state index >= 15 is 0 Å². The van der Waals surface area contributed by atoms with Gasteiger partial charge < -0.3 is 11.1 Å². The van der Waals surface area contributed by atoms with E-state index < -0.39 is 12.7 Å². The molecule has 0 heterocycles. The van der Waals surface area contributed by atoms with Crippen LogP contribution in [0.3, 0.4) is 0 Å². The SMILES string of the molecule is CC.CCF.Cc1ccc(C[C@@H](CF)NC(=O)CCN)cc1. The average Bonchev–Trinajstić information content (AvgIpc) is 2.52. The highest BCUT2D eigenvalue weighted by Crippen LogP contribution is 2.06. The summed E-state index contributed by atoms with van der Waals surface area (Å²) in [5, 5.41) is 2.64. The number of nitrogens with two attached hydrogens (primary N) is 1. The Hall–Kier alpha value is -1.49. The molecule has 1 rings (SSSR count). The quantitative estimate of drug-likeness (QED) is 0.845. The van der Waals surface area contributed by atoms with E-state index in [2.05, 4.69) is 5.32 Å². The summed E-state index contributed by atoms with van der Waals surface area (Å²) in [6, 6.07) is 7.40. The fourth-order valence-corrected chi connectivity index (χ4v) is 1.58. The molecule has 0 aliphatic heterocycles. The standard InChI is InChI=1S/C13H19FN2O.C2H5F.C2H6/c1-10-2-4-11(5-3-10)8-12(9-14)16-13(17)6-7-15;1-2-3;1-2/h2-5,12H,6-9,15H2,1H3,(H,16,17);2H2,1H3;1-2H3/t12-;;/m0../s1. The van der Waals surface area contributed by atoms with E-state index in [1.807, 2.05) is 45.0 Å². The van der Waals surface area contributed by atoms with E-state index in [-0.39, 0.29) is 25.5 Å². The van der Waals surface area contributed by atoms with E-state index in [0.29, 0.717) is 6.42 Å². The first-order chi connectivity index (χ1) is 10.6. The number of nitrogens with one attached hydrogen (secondary N) is 1. The van der Waals surface area contributed by atoms with Gasteiger partial charge in [-0.3, -0.25) is 9.18 Å². The van der Waals surface area contributed by atoms with Crippen molar-refractivity contribution >= 4 is 5.91 Å². The van der Waals surface area contributed by atoms with Crippen molar-refractivity contribution in [1.82, 2.24) is 5.32 Å². The van der Waals surface area contributed by atoms with Crippen LogP contribution in [0.15, 0.2) is 24.3 Å². The lowest BCUT2D eigenvalue weighted by atomic mass is 10.1. The third-order valence-electron chi connectivity index (χ3n) is 2.53. The predicted octanol–water partition coefficient (Wildman–Crippen LogP) is 3.34. The van der Waals surface area contributed by atoms with Crippen LogP contribution in [-0.2, 0) is 11.2 Å². The molecule has 0 aromatic heterocycles. The molecule has 0 spiro atoms. The van der Waals surface area contributed by atoms with Crippen LogP contribution in [0, 0.1) is 6.92 Å². The summed E-state index contributed by atoms with van der Waals surface area (Å²) in [4.78, 5) is 11.3. The second-order valence-corrected chi connectivity index (χ2v) is 4.41. The van der Waals surface area contributed by atoms with Crippen molar-refractivity contribution in [3.63, 3.8) is 0 Å². The smallest absolute Gasteiger partial charge is 0.221 e. The zero-order chi connectivity index (χ0) is 17.4. The number of aryl methyl sites for hydroxylation is 1. The van der Waals surface area contributed by atoms with E-state index in [1.54, 1.807) is 0 Å². The van der Waals surface area contributed by atoms with Crippen LogP contribution in [0.5, 0.6) is 0 Å². The van der Waals surface area contributed by atoms with Crippen molar-refractivity contribution in [3.8, 4) is 0 Å². The van der Waals surface area contributed by atoms with Crippen molar-refractivity contribution in [2.24, 2.45) is 5.73 Å². The molecule has 128 valence electrons. The van der Waals surface area contributed by atoms with E-state index in [0.717, 1.165) is 11.1 Å². The Morgan fingerprint density at radius 3 is 2.14 bits per heavy atom. The molecule has 0 radical (unpaired) electrons. The van der Waals surface area contributed by atoms with Crippen LogP contribution < -0.4 is 11.1 Å². The summed E-state index contributed by atoms with van der Waals surface area (Å²) in [6.45, 7) is 6.93. The summed E-state index contributed by atoms with van der Waals surface area (Å²) in [6.07, 6.45) is 0.748. The van der Waals surface area contributed by atoms with Crippen LogP contribution >= 0.6 is 0 Å². The summed E-state index contributed by atoms with van der Waals surface area (Å²) < 4.78 is 23.1. The average molecular weight is 316 g/mol. The Balaban J connectivity index is 0. The molecule has 0 unspecified atom stereocenters. The third kappa shape index (κ3) is 12.3. The minimum absolute atomic E-state index is 0.192. The van der Waals surface area contributed by atoms with Crippen LogP contribution in [0.1, 0.15) is 38.3 Å². The van der Waals surface area contributed by atoms with Crippen LogP contribution in [-0.4, -0.2) is 31.8 Å². The molecule has 1 aromatic carbocycles. The molecule has 3 nitrogen and oxygen atoms in total. The largest absolute Gasteiger partial charge is 0.350 e. The molecule has 3 N–H and O–H groups in total. The van der Waals surface area contributed by atoms with Crippen molar-refractivity contribution in [2.75, 3.05) is 19.9 Å². The first kappa shape index (κ1) is 22.8. The van der Waals surface area contributed by atoms with Gasteiger partial charge in [0.25, 0.3) is 0 Å². The Morgan fingerprint density at radius 1 is 1.23 bits per heavy atom. The van der Waals surface area contributed by atoms with E-state index in [4.69, 9.17) is 5.73 Å². The van der Waals surface area contributed by atoms with Gasteiger partial charge in [-0.25, -0.2) is 4.39 Å². The molecule has 1 aromatic rings. The maximum atomic E-state index is 12.8. The van der Waals surface area contributed by atoms with Crippen LogP contribution in [0.25, 0.3) is 0 Å². The molecular weight excluding hydrogens is 286 g/mol. The van der Waals surface area contributed by atoms with Crippen molar-refractivity contribution < 1.29 is 13.6 Å². The van der Waals surface area contributed by atoms with Gasteiger partial charge in [-0.15, -0.1) is 0 Å². The maximum absolute atomic E-state index is 12.8. The Morgan fingerprint density at radius 2 is 1.73 bits per heavy atom. The van der Waals surface area contributed by atoms with Gasteiger partial charge in [-0.05, 0) is 25.8 Å². The molecule has 0 fully saturated rings. The minimum Gasteiger partial charge on any atom is -0.350 e. The van der Waals surface area contributed by atoms with Gasteiger partial charge in [0.2, 0.25) is 5.91 Å². The highest BCUT2D eigenvalue weighted by Gasteiger charge is 2.12. The molecule has 5 heteroatoms. The number of hydrogen-bond donors (Lipinski definition) is 2. The lowest BCUT2D eigenvalue weighted by Crippen LogP contribution is -2.38. The highest BCUT2D eigenvalue weighted by molar-refractivity contribution is 5.76. The number of carbonyl (C=O) groups excluding carboxylic acids is 1. The molecule has 0 aliphatic carbocycles. The Kier molecular flexibility index (Phi) is 16.5. The van der Waals surface area contributed by atoms with Crippen molar-refractivity contribution in [2.45, 2.75) is 46.6 Å². The van der Waals surface area contributed by atoms with Crippen molar-refractivity contribution in [1.29, 1.82) is 0 Å². The fraction of sp³-hybridized carbons (Fsp3) is 0.588. The molecule has 22 heavy (non-hydrogen) atoms. The fourth-order valence-electron chi connectivity index (χ4n) is 1.58. The summed E-state index contributed by atoms with van der Waals surface area (Å²) in [5.41, 5.74) is 7.45. The van der Waals surface area contributed by atoms with Gasteiger partial charge in [0.05, 0.1) is 12.7 Å². The number of halogens is 2. The van der Waals surface area contributed by atoms with E-state index in [9.17, 15) is 13.6 Å².